The first-order valence-electron chi connectivity index (χ1n) is 7.85. The van der Waals surface area contributed by atoms with Crippen molar-refractivity contribution in [2.45, 2.75) is 26.4 Å². The summed E-state index contributed by atoms with van der Waals surface area (Å²) in [6.07, 6.45) is 0. The van der Waals surface area contributed by atoms with Crippen LogP contribution >= 0.6 is 31.9 Å². The molecular formula is C19H20Br2F2O4. The van der Waals surface area contributed by atoms with Crippen molar-refractivity contribution in [2.24, 2.45) is 0 Å². The number of ketones is 1. The summed E-state index contributed by atoms with van der Waals surface area (Å²) in [4.78, 5) is 10.6. The highest BCUT2D eigenvalue weighted by atomic mass is 79.9. The first-order valence-corrected chi connectivity index (χ1v) is 9.44. The zero-order valence-electron chi connectivity index (χ0n) is 15.1. The molecule has 0 amide bonds. The number of benzene rings is 2. The van der Waals surface area contributed by atoms with Gasteiger partial charge in [-0.3, -0.25) is 4.79 Å². The number of hydrogen-bond acceptors (Lipinski definition) is 4. The highest BCUT2D eigenvalue weighted by Gasteiger charge is 2.14. The van der Waals surface area contributed by atoms with Crippen LogP contribution in [0.1, 0.15) is 20.8 Å². The number of halogens is 4. The maximum absolute atomic E-state index is 12.7. The molecule has 0 heterocycles. The van der Waals surface area contributed by atoms with E-state index in [1.165, 1.54) is 43.3 Å². The number of rotatable bonds is 6. The van der Waals surface area contributed by atoms with Gasteiger partial charge in [0.05, 0.1) is 14.5 Å². The van der Waals surface area contributed by atoms with Gasteiger partial charge < -0.3 is 14.6 Å². The van der Waals surface area contributed by atoms with E-state index in [-0.39, 0.29) is 30.6 Å². The zero-order valence-corrected chi connectivity index (χ0v) is 18.2. The molecule has 4 nitrogen and oxygen atoms in total. The minimum atomic E-state index is -0.895. The second-order valence-electron chi connectivity index (χ2n) is 6.24. The predicted molar refractivity (Wildman–Crippen MR) is 106 cm³/mol. The summed E-state index contributed by atoms with van der Waals surface area (Å²) in [6, 6.07) is 8.19. The van der Waals surface area contributed by atoms with Crippen molar-refractivity contribution in [3.05, 3.63) is 57.0 Å². The van der Waals surface area contributed by atoms with Crippen molar-refractivity contribution in [1.82, 2.24) is 0 Å². The maximum atomic E-state index is 12.7. The number of hydrogen-bond donors (Lipinski definition) is 1. The Labute approximate surface area is 173 Å². The molecule has 0 saturated heterocycles. The van der Waals surface area contributed by atoms with Gasteiger partial charge in [0.2, 0.25) is 0 Å². The lowest BCUT2D eigenvalue weighted by Gasteiger charge is -2.18. The Morgan fingerprint density at radius 2 is 1.44 bits per heavy atom. The topological polar surface area (TPSA) is 55.8 Å². The molecular weight excluding hydrogens is 490 g/mol. The van der Waals surface area contributed by atoms with Gasteiger partial charge in [-0.05, 0) is 89.0 Å². The van der Waals surface area contributed by atoms with Gasteiger partial charge in [0.25, 0.3) is 0 Å². The normalized spacial score (nSPS) is 10.7. The van der Waals surface area contributed by atoms with Crippen LogP contribution in [0.3, 0.4) is 0 Å². The third-order valence-corrected chi connectivity index (χ3v) is 4.04. The Kier molecular flexibility index (Phi) is 9.35. The van der Waals surface area contributed by atoms with Crippen molar-refractivity contribution in [3.8, 4) is 11.5 Å². The van der Waals surface area contributed by atoms with Gasteiger partial charge in [0, 0.05) is 0 Å². The van der Waals surface area contributed by atoms with E-state index in [1.54, 1.807) is 13.8 Å². The zero-order chi connectivity index (χ0) is 20.6. The van der Waals surface area contributed by atoms with Gasteiger partial charge in [0.1, 0.15) is 36.3 Å². The molecule has 0 atom stereocenters. The monoisotopic (exact) mass is 508 g/mol. The molecule has 0 bridgehead atoms. The molecule has 2 rings (SSSR count). The lowest BCUT2D eigenvalue weighted by molar-refractivity contribution is -0.118. The number of carbonyl (C=O) groups excluding carboxylic acids is 1. The molecule has 0 aromatic heterocycles. The standard InChI is InChI=1S/C10H12BrFO2.C9H8BrFO2/c1-10(2,13)6-14-9-4-3-7(12)5-8(9)11;1-6(12)5-13-9-3-2-7(11)4-8(9)10/h3-5,13H,6H2,1-2H3;2-4H,5H2,1H3. The number of carbonyl (C=O) groups is 1. The second kappa shape index (κ2) is 10.7. The summed E-state index contributed by atoms with van der Waals surface area (Å²) in [5.74, 6) is 0.246. The summed E-state index contributed by atoms with van der Waals surface area (Å²) in [5, 5.41) is 9.41. The molecule has 148 valence electrons. The van der Waals surface area contributed by atoms with E-state index < -0.39 is 5.60 Å². The summed E-state index contributed by atoms with van der Waals surface area (Å²) in [6.45, 7) is 4.88. The molecule has 0 radical (unpaired) electrons. The average molecular weight is 510 g/mol. The van der Waals surface area contributed by atoms with Crippen molar-refractivity contribution < 1.29 is 28.2 Å². The van der Waals surface area contributed by atoms with Crippen LogP contribution in [0.4, 0.5) is 8.78 Å². The molecule has 2 aromatic rings. The van der Waals surface area contributed by atoms with E-state index >= 15 is 0 Å². The van der Waals surface area contributed by atoms with E-state index in [2.05, 4.69) is 31.9 Å². The molecule has 0 fully saturated rings. The largest absolute Gasteiger partial charge is 0.489 e. The Hall–Kier alpha value is -1.51. The Bertz CT molecular complexity index is 777. The summed E-state index contributed by atoms with van der Waals surface area (Å²) >= 11 is 6.29. The number of ether oxygens (including phenoxy) is 2. The molecule has 0 aliphatic heterocycles. The highest BCUT2D eigenvalue weighted by Crippen LogP contribution is 2.26. The molecule has 0 aliphatic carbocycles. The number of Topliss-reactive ketones (excluding diaryl/α,β-unsaturated/α-hetero) is 1. The van der Waals surface area contributed by atoms with Crippen molar-refractivity contribution in [1.29, 1.82) is 0 Å². The van der Waals surface area contributed by atoms with Gasteiger partial charge in [-0.25, -0.2) is 8.78 Å². The van der Waals surface area contributed by atoms with Crippen LogP contribution in [-0.2, 0) is 4.79 Å². The van der Waals surface area contributed by atoms with Crippen LogP contribution in [-0.4, -0.2) is 29.7 Å². The lowest BCUT2D eigenvalue weighted by atomic mass is 10.2. The molecule has 0 aliphatic rings. The summed E-state index contributed by atoms with van der Waals surface area (Å²) < 4.78 is 36.7. The first kappa shape index (κ1) is 23.5. The molecule has 0 unspecified atom stereocenters. The Morgan fingerprint density at radius 3 is 1.81 bits per heavy atom. The Balaban J connectivity index is 0.000000271. The Morgan fingerprint density at radius 1 is 1.00 bits per heavy atom. The van der Waals surface area contributed by atoms with E-state index in [0.29, 0.717) is 20.4 Å². The summed E-state index contributed by atoms with van der Waals surface area (Å²) in [7, 11) is 0. The van der Waals surface area contributed by atoms with E-state index in [1.807, 2.05) is 0 Å². The van der Waals surface area contributed by atoms with Crippen LogP contribution in [0.2, 0.25) is 0 Å². The molecule has 1 N–H and O–H groups in total. The third kappa shape index (κ3) is 9.83. The lowest BCUT2D eigenvalue weighted by Crippen LogP contribution is -2.27. The van der Waals surface area contributed by atoms with Crippen molar-refractivity contribution in [2.75, 3.05) is 13.2 Å². The van der Waals surface area contributed by atoms with Crippen LogP contribution in [0.15, 0.2) is 45.3 Å². The van der Waals surface area contributed by atoms with Crippen LogP contribution in [0.5, 0.6) is 11.5 Å². The minimum Gasteiger partial charge on any atom is -0.489 e. The first-order chi connectivity index (χ1) is 12.5. The van der Waals surface area contributed by atoms with Gasteiger partial charge >= 0.3 is 0 Å². The fourth-order valence-corrected chi connectivity index (χ4v) is 2.55. The van der Waals surface area contributed by atoms with Gasteiger partial charge in [-0.2, -0.15) is 0 Å². The SMILES string of the molecule is CC(=O)COc1ccc(F)cc1Br.CC(C)(O)COc1ccc(F)cc1Br. The third-order valence-electron chi connectivity index (χ3n) is 2.80. The molecule has 27 heavy (non-hydrogen) atoms. The highest BCUT2D eigenvalue weighted by molar-refractivity contribution is 9.10. The maximum Gasteiger partial charge on any atom is 0.167 e. The quantitative estimate of drug-likeness (QED) is 0.574. The van der Waals surface area contributed by atoms with E-state index in [4.69, 9.17) is 9.47 Å². The predicted octanol–water partition coefficient (Wildman–Crippen LogP) is 5.29. The van der Waals surface area contributed by atoms with E-state index in [0.717, 1.165) is 0 Å². The molecule has 2 aromatic carbocycles. The van der Waals surface area contributed by atoms with E-state index in [9.17, 15) is 18.7 Å². The number of aliphatic hydroxyl groups is 1. The van der Waals surface area contributed by atoms with Gasteiger partial charge in [-0.15, -0.1) is 0 Å². The second-order valence-corrected chi connectivity index (χ2v) is 7.95. The molecule has 0 spiro atoms. The van der Waals surface area contributed by atoms with Crippen LogP contribution < -0.4 is 9.47 Å². The van der Waals surface area contributed by atoms with Crippen molar-refractivity contribution in [3.63, 3.8) is 0 Å². The van der Waals surface area contributed by atoms with Gasteiger partial charge in [0.15, 0.2) is 5.78 Å². The fraction of sp³-hybridized carbons (Fsp3) is 0.316. The fourth-order valence-electron chi connectivity index (χ4n) is 1.62. The average Bonchev–Trinajstić information content (AvgIpc) is 2.53. The van der Waals surface area contributed by atoms with Crippen LogP contribution in [0, 0.1) is 11.6 Å². The van der Waals surface area contributed by atoms with Crippen molar-refractivity contribution >= 4 is 37.6 Å². The minimum absolute atomic E-state index is 0.00420. The van der Waals surface area contributed by atoms with Gasteiger partial charge in [-0.1, -0.05) is 0 Å². The molecule has 0 saturated carbocycles. The smallest absolute Gasteiger partial charge is 0.167 e. The summed E-state index contributed by atoms with van der Waals surface area (Å²) in [5.41, 5.74) is -0.895. The van der Waals surface area contributed by atoms with Crippen LogP contribution in [0.25, 0.3) is 0 Å². The molecule has 8 heteroatoms.